The van der Waals surface area contributed by atoms with Crippen LogP contribution in [0.15, 0.2) is 18.2 Å². The molecule has 0 N–H and O–H groups in total. The highest BCUT2D eigenvalue weighted by Gasteiger charge is 2.30. The molecule has 0 amide bonds. The van der Waals surface area contributed by atoms with Gasteiger partial charge in [-0.15, -0.1) is 0 Å². The number of alkyl halides is 3. The Balaban J connectivity index is 2.95. The van der Waals surface area contributed by atoms with Crippen molar-refractivity contribution < 1.29 is 22.7 Å². The number of ether oxygens (including phenoxy) is 1. The van der Waals surface area contributed by atoms with E-state index in [2.05, 4.69) is 0 Å². The fourth-order valence-electron chi connectivity index (χ4n) is 1.41. The molecule has 1 aromatic rings. The summed E-state index contributed by atoms with van der Waals surface area (Å²) in [7, 11) is 0. The summed E-state index contributed by atoms with van der Waals surface area (Å²) in [5, 5.41) is 0. The summed E-state index contributed by atoms with van der Waals surface area (Å²) in [6.45, 7) is 3.53. The summed E-state index contributed by atoms with van der Waals surface area (Å²) < 4.78 is 42.1. The summed E-state index contributed by atoms with van der Waals surface area (Å²) in [5.41, 5.74) is 0.242. The zero-order valence-corrected chi connectivity index (χ0v) is 9.60. The van der Waals surface area contributed by atoms with Crippen LogP contribution in [-0.2, 0) is 22.1 Å². The molecule has 0 radical (unpaired) electrons. The number of esters is 1. The van der Waals surface area contributed by atoms with Crippen LogP contribution in [0.2, 0.25) is 0 Å². The second-order valence-electron chi connectivity index (χ2n) is 3.62. The van der Waals surface area contributed by atoms with Gasteiger partial charge in [0.15, 0.2) is 0 Å². The number of carbonyl (C=O) groups excluding carboxylic acids is 1. The van der Waals surface area contributed by atoms with Crippen molar-refractivity contribution in [1.82, 2.24) is 0 Å². The standard InChI is InChI=1S/C12H13F3O2/c1-3-17-11(16)7-9-6-10(12(13,14)15)5-4-8(9)2/h4-6H,3,7H2,1-2H3. The van der Waals surface area contributed by atoms with Gasteiger partial charge in [0.1, 0.15) is 0 Å². The van der Waals surface area contributed by atoms with Crippen molar-refractivity contribution in [2.45, 2.75) is 26.4 Å². The van der Waals surface area contributed by atoms with E-state index in [9.17, 15) is 18.0 Å². The second kappa shape index (κ2) is 5.21. The molecule has 0 fully saturated rings. The number of aryl methyl sites for hydroxylation is 1. The molecule has 0 bridgehead atoms. The third kappa shape index (κ3) is 3.76. The third-order valence-corrected chi connectivity index (χ3v) is 2.32. The first-order chi connectivity index (χ1) is 7.84. The molecule has 0 aliphatic rings. The van der Waals surface area contributed by atoms with E-state index in [-0.39, 0.29) is 13.0 Å². The van der Waals surface area contributed by atoms with Crippen molar-refractivity contribution in [3.63, 3.8) is 0 Å². The number of carbonyl (C=O) groups is 1. The summed E-state index contributed by atoms with van der Waals surface area (Å²) >= 11 is 0. The molecule has 0 atom stereocenters. The Morgan fingerprint density at radius 1 is 1.35 bits per heavy atom. The largest absolute Gasteiger partial charge is 0.466 e. The first kappa shape index (κ1) is 13.5. The normalized spacial score (nSPS) is 11.4. The van der Waals surface area contributed by atoms with Gasteiger partial charge in [0.2, 0.25) is 0 Å². The number of halogens is 3. The van der Waals surface area contributed by atoms with E-state index in [1.165, 1.54) is 6.07 Å². The maximum atomic E-state index is 12.5. The molecular formula is C12H13F3O2. The lowest BCUT2D eigenvalue weighted by molar-refractivity contribution is -0.142. The average Bonchev–Trinajstić information content (AvgIpc) is 2.20. The molecule has 17 heavy (non-hydrogen) atoms. The molecule has 1 aromatic carbocycles. The maximum Gasteiger partial charge on any atom is 0.416 e. The minimum absolute atomic E-state index is 0.135. The molecule has 0 aliphatic heterocycles. The molecule has 2 nitrogen and oxygen atoms in total. The predicted molar refractivity (Wildman–Crippen MR) is 56.5 cm³/mol. The fourth-order valence-corrected chi connectivity index (χ4v) is 1.41. The molecule has 1 rings (SSSR count). The molecule has 0 saturated carbocycles. The van der Waals surface area contributed by atoms with Gasteiger partial charge in [0.05, 0.1) is 18.6 Å². The van der Waals surface area contributed by atoms with Crippen LogP contribution in [-0.4, -0.2) is 12.6 Å². The van der Waals surface area contributed by atoms with Crippen LogP contribution >= 0.6 is 0 Å². The Morgan fingerprint density at radius 3 is 2.53 bits per heavy atom. The van der Waals surface area contributed by atoms with Crippen LogP contribution in [0.5, 0.6) is 0 Å². The highest BCUT2D eigenvalue weighted by Crippen LogP contribution is 2.30. The summed E-state index contributed by atoms with van der Waals surface area (Å²) in [4.78, 5) is 11.2. The van der Waals surface area contributed by atoms with Crippen LogP contribution in [0.3, 0.4) is 0 Å². The van der Waals surface area contributed by atoms with Gasteiger partial charge in [-0.1, -0.05) is 6.07 Å². The summed E-state index contributed by atoms with van der Waals surface area (Å²) in [6.07, 6.45) is -4.53. The van der Waals surface area contributed by atoms with Crippen LogP contribution in [0.1, 0.15) is 23.6 Å². The van der Waals surface area contributed by atoms with Crippen LogP contribution in [0.25, 0.3) is 0 Å². The van der Waals surface area contributed by atoms with Gasteiger partial charge in [-0.3, -0.25) is 4.79 Å². The first-order valence-electron chi connectivity index (χ1n) is 5.17. The Hall–Kier alpha value is -1.52. The molecule has 94 valence electrons. The minimum Gasteiger partial charge on any atom is -0.466 e. The number of hydrogen-bond donors (Lipinski definition) is 0. The SMILES string of the molecule is CCOC(=O)Cc1cc(C(F)(F)F)ccc1C. The molecule has 0 saturated heterocycles. The molecular weight excluding hydrogens is 233 g/mol. The summed E-state index contributed by atoms with van der Waals surface area (Å²) in [5.74, 6) is -0.519. The molecule has 0 heterocycles. The maximum absolute atomic E-state index is 12.5. The first-order valence-corrected chi connectivity index (χ1v) is 5.17. The van der Waals surface area contributed by atoms with Crippen LogP contribution in [0, 0.1) is 6.92 Å². The zero-order chi connectivity index (χ0) is 13.1. The van der Waals surface area contributed by atoms with E-state index in [1.807, 2.05) is 0 Å². The lowest BCUT2D eigenvalue weighted by atomic mass is 10.0. The second-order valence-corrected chi connectivity index (χ2v) is 3.62. The van der Waals surface area contributed by atoms with Crippen molar-refractivity contribution in [3.05, 3.63) is 34.9 Å². The van der Waals surface area contributed by atoms with Gasteiger partial charge in [-0.2, -0.15) is 13.2 Å². The van der Waals surface area contributed by atoms with E-state index in [0.717, 1.165) is 12.1 Å². The molecule has 0 aliphatic carbocycles. The van der Waals surface area contributed by atoms with Gasteiger partial charge in [-0.05, 0) is 37.1 Å². The number of benzene rings is 1. The smallest absolute Gasteiger partial charge is 0.416 e. The van der Waals surface area contributed by atoms with Gasteiger partial charge in [0, 0.05) is 0 Å². The topological polar surface area (TPSA) is 26.3 Å². The van der Waals surface area contributed by atoms with E-state index >= 15 is 0 Å². The quantitative estimate of drug-likeness (QED) is 0.766. The number of rotatable bonds is 3. The van der Waals surface area contributed by atoms with Crippen molar-refractivity contribution in [3.8, 4) is 0 Å². The van der Waals surface area contributed by atoms with E-state index in [0.29, 0.717) is 11.1 Å². The van der Waals surface area contributed by atoms with Crippen LogP contribution < -0.4 is 0 Å². The zero-order valence-electron chi connectivity index (χ0n) is 9.60. The minimum atomic E-state index is -4.39. The van der Waals surface area contributed by atoms with Crippen molar-refractivity contribution in [2.75, 3.05) is 6.61 Å². The van der Waals surface area contributed by atoms with Crippen LogP contribution in [0.4, 0.5) is 13.2 Å². The lowest BCUT2D eigenvalue weighted by Gasteiger charge is -2.11. The van der Waals surface area contributed by atoms with Gasteiger partial charge in [0.25, 0.3) is 0 Å². The Bertz CT molecular complexity index is 411. The van der Waals surface area contributed by atoms with Gasteiger partial charge in [-0.25, -0.2) is 0 Å². The number of hydrogen-bond acceptors (Lipinski definition) is 2. The molecule has 0 spiro atoms. The molecule has 5 heteroatoms. The Labute approximate surface area is 97.4 Å². The highest BCUT2D eigenvalue weighted by atomic mass is 19.4. The van der Waals surface area contributed by atoms with Crippen molar-refractivity contribution in [2.24, 2.45) is 0 Å². The van der Waals surface area contributed by atoms with E-state index in [1.54, 1.807) is 13.8 Å². The van der Waals surface area contributed by atoms with E-state index < -0.39 is 17.7 Å². The predicted octanol–water partition coefficient (Wildman–Crippen LogP) is 3.12. The molecule has 0 unspecified atom stereocenters. The van der Waals surface area contributed by atoms with E-state index in [4.69, 9.17) is 4.74 Å². The highest BCUT2D eigenvalue weighted by molar-refractivity contribution is 5.73. The van der Waals surface area contributed by atoms with Crippen molar-refractivity contribution in [1.29, 1.82) is 0 Å². The lowest BCUT2D eigenvalue weighted by Crippen LogP contribution is -2.11. The van der Waals surface area contributed by atoms with Gasteiger partial charge < -0.3 is 4.74 Å². The van der Waals surface area contributed by atoms with Crippen molar-refractivity contribution >= 4 is 5.97 Å². The Kier molecular flexibility index (Phi) is 4.15. The third-order valence-electron chi connectivity index (χ3n) is 2.32. The summed E-state index contributed by atoms with van der Waals surface area (Å²) in [6, 6.07) is 3.35. The monoisotopic (exact) mass is 246 g/mol. The fraction of sp³-hybridized carbons (Fsp3) is 0.417. The van der Waals surface area contributed by atoms with Gasteiger partial charge >= 0.3 is 12.1 Å². The molecule has 0 aromatic heterocycles. The average molecular weight is 246 g/mol. The Morgan fingerprint density at radius 2 is 2.00 bits per heavy atom.